The molecular formula is C24H36N4O8. The molecule has 0 saturated heterocycles. The monoisotopic (exact) mass is 508 g/mol. The van der Waals surface area contributed by atoms with Crippen molar-refractivity contribution in [3.05, 3.63) is 29.8 Å². The number of phenolic OH excluding ortho intramolecular Hbond substituents is 1. The third-order valence-electron chi connectivity index (χ3n) is 5.82. The topological polar surface area (TPSA) is 208 Å². The second-order valence-electron chi connectivity index (χ2n) is 9.07. The van der Waals surface area contributed by atoms with Gasteiger partial charge < -0.3 is 37.0 Å². The number of nitrogens with two attached hydrogens (primary N) is 1. The number of carboxylic acids is 2. The van der Waals surface area contributed by atoms with Crippen LogP contribution in [0.1, 0.15) is 46.1 Å². The maximum Gasteiger partial charge on any atom is 0.326 e. The Morgan fingerprint density at radius 3 is 1.89 bits per heavy atom. The number of carboxylic acid groups (broad SMARTS) is 2. The van der Waals surface area contributed by atoms with Crippen molar-refractivity contribution in [1.29, 1.82) is 0 Å². The van der Waals surface area contributed by atoms with Crippen molar-refractivity contribution < 1.29 is 39.3 Å². The number of rotatable bonds is 14. The molecule has 1 rings (SSSR count). The lowest BCUT2D eigenvalue weighted by molar-refractivity contribution is -0.147. The van der Waals surface area contributed by atoms with E-state index in [1.807, 2.05) is 0 Å². The van der Waals surface area contributed by atoms with Crippen molar-refractivity contribution in [2.45, 2.75) is 71.1 Å². The number of carbonyl (C=O) groups is 5. The molecule has 0 heterocycles. The van der Waals surface area contributed by atoms with Gasteiger partial charge in [-0.25, -0.2) is 4.79 Å². The lowest BCUT2D eigenvalue weighted by Crippen LogP contribution is -2.59. The standard InChI is InChI=1S/C24H36N4O8/c1-5-13(4)20(23(34)27-17(24(35)36)11-18(30)31)28-21(32)16(26-22(33)19(25)12(2)3)10-14-6-8-15(29)9-7-14/h6-9,12-13,16-17,19-20,29H,5,10-11,25H2,1-4H3,(H,26,33)(H,27,34)(H,28,32)(H,30,31)(H,35,36). The number of benzene rings is 1. The molecule has 0 spiro atoms. The molecule has 1 aromatic carbocycles. The number of hydrogen-bond donors (Lipinski definition) is 7. The van der Waals surface area contributed by atoms with E-state index in [9.17, 15) is 34.2 Å². The van der Waals surface area contributed by atoms with E-state index in [1.54, 1.807) is 39.8 Å². The molecule has 0 aliphatic rings. The highest BCUT2D eigenvalue weighted by molar-refractivity contribution is 5.95. The van der Waals surface area contributed by atoms with Gasteiger partial charge in [0.2, 0.25) is 17.7 Å². The van der Waals surface area contributed by atoms with Crippen molar-refractivity contribution in [3.8, 4) is 5.75 Å². The van der Waals surface area contributed by atoms with Gasteiger partial charge in [0.15, 0.2) is 0 Å². The van der Waals surface area contributed by atoms with E-state index < -0.39 is 66.2 Å². The molecule has 0 saturated carbocycles. The Hall–Kier alpha value is -3.67. The molecule has 8 N–H and O–H groups in total. The second kappa shape index (κ2) is 14.0. The first-order valence-corrected chi connectivity index (χ1v) is 11.7. The molecule has 0 radical (unpaired) electrons. The van der Waals surface area contributed by atoms with Crippen LogP contribution in [-0.4, -0.2) is 69.1 Å². The Morgan fingerprint density at radius 2 is 1.42 bits per heavy atom. The molecule has 0 aliphatic carbocycles. The zero-order valence-electron chi connectivity index (χ0n) is 20.9. The molecule has 36 heavy (non-hydrogen) atoms. The predicted octanol–water partition coefficient (Wildman–Crippen LogP) is -0.0222. The minimum Gasteiger partial charge on any atom is -0.508 e. The SMILES string of the molecule is CCC(C)C(NC(=O)C(Cc1ccc(O)cc1)NC(=O)C(N)C(C)C)C(=O)NC(CC(=O)O)C(=O)O. The zero-order chi connectivity index (χ0) is 27.6. The molecule has 3 amide bonds. The summed E-state index contributed by atoms with van der Waals surface area (Å²) in [7, 11) is 0. The Kier molecular flexibility index (Phi) is 11.8. The average molecular weight is 509 g/mol. The van der Waals surface area contributed by atoms with Crippen LogP contribution in [0.2, 0.25) is 0 Å². The summed E-state index contributed by atoms with van der Waals surface area (Å²) in [5.74, 6) is -5.71. The highest BCUT2D eigenvalue weighted by atomic mass is 16.4. The van der Waals surface area contributed by atoms with Gasteiger partial charge in [-0.05, 0) is 29.5 Å². The quantitative estimate of drug-likeness (QED) is 0.180. The first-order valence-electron chi connectivity index (χ1n) is 11.7. The second-order valence-corrected chi connectivity index (χ2v) is 9.07. The Balaban J connectivity index is 3.18. The van der Waals surface area contributed by atoms with Crippen LogP contribution < -0.4 is 21.7 Å². The average Bonchev–Trinajstić information content (AvgIpc) is 2.81. The summed E-state index contributed by atoms with van der Waals surface area (Å²) in [5, 5.41) is 35.1. The van der Waals surface area contributed by atoms with Crippen LogP contribution in [0.25, 0.3) is 0 Å². The van der Waals surface area contributed by atoms with Gasteiger partial charge in [0.05, 0.1) is 12.5 Å². The van der Waals surface area contributed by atoms with Gasteiger partial charge in [0.1, 0.15) is 23.9 Å². The number of amides is 3. The fraction of sp³-hybridized carbons (Fsp3) is 0.542. The first kappa shape index (κ1) is 30.4. The van der Waals surface area contributed by atoms with Crippen molar-refractivity contribution in [3.63, 3.8) is 0 Å². The zero-order valence-corrected chi connectivity index (χ0v) is 20.9. The summed E-state index contributed by atoms with van der Waals surface area (Å²) in [6, 6.07) is 1.09. The van der Waals surface area contributed by atoms with Crippen molar-refractivity contribution in [2.75, 3.05) is 0 Å². The Bertz CT molecular complexity index is 935. The largest absolute Gasteiger partial charge is 0.508 e. The highest BCUT2D eigenvalue weighted by Gasteiger charge is 2.33. The molecular weight excluding hydrogens is 472 g/mol. The van der Waals surface area contributed by atoms with Crippen LogP contribution in [0, 0.1) is 11.8 Å². The molecule has 12 nitrogen and oxygen atoms in total. The van der Waals surface area contributed by atoms with E-state index in [4.69, 9.17) is 10.8 Å². The van der Waals surface area contributed by atoms with Crippen LogP contribution in [-0.2, 0) is 30.4 Å². The molecule has 0 aromatic heterocycles. The lowest BCUT2D eigenvalue weighted by atomic mass is 9.96. The summed E-state index contributed by atoms with van der Waals surface area (Å²) in [6.07, 6.45) is -0.384. The maximum absolute atomic E-state index is 13.3. The van der Waals surface area contributed by atoms with Crippen LogP contribution >= 0.6 is 0 Å². The predicted molar refractivity (Wildman–Crippen MR) is 130 cm³/mol. The molecule has 1 aromatic rings. The third kappa shape index (κ3) is 9.53. The van der Waals surface area contributed by atoms with Crippen LogP contribution in [0.3, 0.4) is 0 Å². The van der Waals surface area contributed by atoms with Gasteiger partial charge in [-0.3, -0.25) is 19.2 Å². The summed E-state index contributed by atoms with van der Waals surface area (Å²) in [4.78, 5) is 61.1. The number of nitrogens with one attached hydrogen (secondary N) is 3. The lowest BCUT2D eigenvalue weighted by Gasteiger charge is -2.28. The minimum absolute atomic E-state index is 0.0217. The van der Waals surface area contributed by atoms with E-state index in [2.05, 4.69) is 16.0 Å². The Labute approximate surface area is 209 Å². The summed E-state index contributed by atoms with van der Waals surface area (Å²) in [6.45, 7) is 6.93. The van der Waals surface area contributed by atoms with Gasteiger partial charge in [-0.2, -0.15) is 0 Å². The van der Waals surface area contributed by atoms with Crippen molar-refractivity contribution in [2.24, 2.45) is 17.6 Å². The van der Waals surface area contributed by atoms with E-state index in [1.165, 1.54) is 12.1 Å². The molecule has 5 unspecified atom stereocenters. The summed E-state index contributed by atoms with van der Waals surface area (Å²) < 4.78 is 0. The van der Waals surface area contributed by atoms with Gasteiger partial charge in [0, 0.05) is 6.42 Å². The van der Waals surface area contributed by atoms with Crippen molar-refractivity contribution >= 4 is 29.7 Å². The first-order chi connectivity index (χ1) is 16.8. The minimum atomic E-state index is -1.69. The van der Waals surface area contributed by atoms with Crippen LogP contribution in [0.15, 0.2) is 24.3 Å². The fourth-order valence-electron chi connectivity index (χ4n) is 3.24. The molecule has 0 fully saturated rings. The van der Waals surface area contributed by atoms with Gasteiger partial charge in [-0.1, -0.05) is 46.2 Å². The molecule has 5 atom stereocenters. The van der Waals surface area contributed by atoms with Gasteiger partial charge in [0.25, 0.3) is 0 Å². The molecule has 200 valence electrons. The van der Waals surface area contributed by atoms with E-state index in [-0.39, 0.29) is 18.1 Å². The summed E-state index contributed by atoms with van der Waals surface area (Å²) in [5.41, 5.74) is 6.53. The van der Waals surface area contributed by atoms with E-state index in [0.29, 0.717) is 12.0 Å². The number of aromatic hydroxyl groups is 1. The molecule has 12 heteroatoms. The summed E-state index contributed by atoms with van der Waals surface area (Å²) >= 11 is 0. The maximum atomic E-state index is 13.3. The number of phenols is 1. The number of aliphatic carboxylic acids is 2. The van der Waals surface area contributed by atoms with Gasteiger partial charge >= 0.3 is 11.9 Å². The third-order valence-corrected chi connectivity index (χ3v) is 5.82. The van der Waals surface area contributed by atoms with Crippen LogP contribution in [0.4, 0.5) is 0 Å². The number of hydrogen-bond acceptors (Lipinski definition) is 7. The van der Waals surface area contributed by atoms with Crippen molar-refractivity contribution in [1.82, 2.24) is 16.0 Å². The van der Waals surface area contributed by atoms with Crippen LogP contribution in [0.5, 0.6) is 5.75 Å². The molecule has 0 aliphatic heterocycles. The van der Waals surface area contributed by atoms with E-state index in [0.717, 1.165) is 0 Å². The van der Waals surface area contributed by atoms with Gasteiger partial charge in [-0.15, -0.1) is 0 Å². The normalized spacial score (nSPS) is 15.2. The highest BCUT2D eigenvalue weighted by Crippen LogP contribution is 2.14. The Morgan fingerprint density at radius 1 is 0.861 bits per heavy atom. The fourth-order valence-corrected chi connectivity index (χ4v) is 3.24. The molecule has 0 bridgehead atoms. The number of carbonyl (C=O) groups excluding carboxylic acids is 3. The van der Waals surface area contributed by atoms with E-state index >= 15 is 0 Å². The smallest absolute Gasteiger partial charge is 0.326 e.